The Kier molecular flexibility index (Phi) is 7.92. The van der Waals surface area contributed by atoms with Gasteiger partial charge in [-0.05, 0) is 26.8 Å². The van der Waals surface area contributed by atoms with Crippen molar-refractivity contribution >= 4 is 35.8 Å². The van der Waals surface area contributed by atoms with Gasteiger partial charge in [-0.2, -0.15) is 4.40 Å². The molecule has 0 fully saturated rings. The Morgan fingerprint density at radius 3 is 2.56 bits per heavy atom. The van der Waals surface area contributed by atoms with Gasteiger partial charge in [0.05, 0.1) is 22.7 Å². The number of fused-ring (bicyclic) bond motifs is 1. The van der Waals surface area contributed by atoms with E-state index in [0.717, 1.165) is 16.8 Å². The molecule has 0 unspecified atom stereocenters. The molecule has 0 saturated carbocycles. The Bertz CT molecular complexity index is 657. The lowest BCUT2D eigenvalue weighted by Crippen LogP contribution is -2.32. The van der Waals surface area contributed by atoms with Crippen LogP contribution in [0.5, 0.6) is 0 Å². The average molecular weight is 368 g/mol. The van der Waals surface area contributed by atoms with Crippen molar-refractivity contribution < 1.29 is 13.4 Å². The quantitative estimate of drug-likeness (QED) is 0.632. The normalized spacial score (nSPS) is 17.0. The highest BCUT2D eigenvalue weighted by Crippen LogP contribution is 2.36. The van der Waals surface area contributed by atoms with Gasteiger partial charge in [0.25, 0.3) is 0 Å². The number of hydrogen-bond acceptors (Lipinski definition) is 6. The van der Waals surface area contributed by atoms with Crippen molar-refractivity contribution in [2.24, 2.45) is 10.1 Å². The first-order valence-corrected chi connectivity index (χ1v) is 8.33. The first-order valence-electron chi connectivity index (χ1n) is 7.65. The predicted octanol–water partition coefficient (Wildman–Crippen LogP) is 3.30. The van der Waals surface area contributed by atoms with Gasteiger partial charge in [0.15, 0.2) is 12.3 Å². The summed E-state index contributed by atoms with van der Waals surface area (Å²) in [6, 6.07) is 5.37. The van der Waals surface area contributed by atoms with Gasteiger partial charge in [0.1, 0.15) is 0 Å². The summed E-state index contributed by atoms with van der Waals surface area (Å²) in [5.74, 6) is 0. The third-order valence-electron chi connectivity index (χ3n) is 3.54. The zero-order valence-corrected chi connectivity index (χ0v) is 16.0. The van der Waals surface area contributed by atoms with Crippen LogP contribution in [0.3, 0.4) is 0 Å². The minimum atomic E-state index is -0.106. The maximum atomic E-state index is 12.5. The molecule has 1 aliphatic rings. The standard InChI is InChI=1S/C12H13FN4OS.C5H12O/c1-17-6-8(5-14)11(16-19-13)9-3-2-4-10(12(9)17)15-7-18;1-5(2,3)6-4/h2-5,7H,6,14H2,1H3,(H,15,18);1-4H3/b8-5-,16-11-;. The van der Waals surface area contributed by atoms with Crippen LogP contribution in [0.25, 0.3) is 0 Å². The Labute approximate surface area is 152 Å². The minimum Gasteiger partial charge on any atom is -0.404 e. The summed E-state index contributed by atoms with van der Waals surface area (Å²) in [5.41, 5.74) is 9.04. The molecule has 0 aliphatic carbocycles. The number of halogens is 1. The van der Waals surface area contributed by atoms with Crippen LogP contribution in [0.2, 0.25) is 0 Å². The lowest BCUT2D eigenvalue weighted by Gasteiger charge is -2.31. The molecule has 0 radical (unpaired) electrons. The molecule has 1 heterocycles. The van der Waals surface area contributed by atoms with Crippen LogP contribution in [0.1, 0.15) is 26.3 Å². The fourth-order valence-electron chi connectivity index (χ4n) is 2.18. The van der Waals surface area contributed by atoms with Crippen molar-refractivity contribution in [2.45, 2.75) is 26.4 Å². The summed E-state index contributed by atoms with van der Waals surface area (Å²) in [6.07, 6.45) is 2.03. The monoisotopic (exact) mass is 368 g/mol. The molecule has 1 amide bonds. The van der Waals surface area contributed by atoms with Gasteiger partial charge in [0, 0.05) is 38.0 Å². The van der Waals surface area contributed by atoms with E-state index in [0.29, 0.717) is 24.4 Å². The molecule has 0 atom stereocenters. The Balaban J connectivity index is 0.000000450. The van der Waals surface area contributed by atoms with Crippen LogP contribution < -0.4 is 16.0 Å². The minimum absolute atomic E-state index is 0.0417. The summed E-state index contributed by atoms with van der Waals surface area (Å²) in [4.78, 5) is 12.6. The number of methoxy groups -OCH3 is 1. The summed E-state index contributed by atoms with van der Waals surface area (Å²) in [6.45, 7) is 6.56. The number of carbonyl (C=O) groups excluding carboxylic acids is 1. The highest BCUT2D eigenvalue weighted by Gasteiger charge is 2.25. The van der Waals surface area contributed by atoms with Crippen molar-refractivity contribution in [1.29, 1.82) is 0 Å². The number of rotatable bonds is 3. The third-order valence-corrected chi connectivity index (χ3v) is 3.79. The SMILES string of the molecule is CN1CC(=C/N)/C(=N/SF)c2cccc(NC=O)c21.COC(C)(C)C. The molecule has 138 valence electrons. The molecular formula is C17H25FN4O2S. The Morgan fingerprint density at radius 1 is 1.44 bits per heavy atom. The lowest BCUT2D eigenvalue weighted by molar-refractivity contribution is -0.105. The van der Waals surface area contributed by atoms with Crippen molar-refractivity contribution in [1.82, 2.24) is 0 Å². The molecular weight excluding hydrogens is 343 g/mol. The van der Waals surface area contributed by atoms with Crippen LogP contribution in [0, 0.1) is 0 Å². The van der Waals surface area contributed by atoms with Crippen molar-refractivity contribution in [3.8, 4) is 0 Å². The Hall–Kier alpha value is -2.06. The largest absolute Gasteiger partial charge is 0.404 e. The van der Waals surface area contributed by atoms with Gasteiger partial charge in [-0.15, -0.1) is 3.89 Å². The molecule has 8 heteroatoms. The molecule has 0 aromatic heterocycles. The number of ether oxygens (including phenoxy) is 1. The second-order valence-corrected chi connectivity index (χ2v) is 6.66. The van der Waals surface area contributed by atoms with Crippen LogP contribution in [0.4, 0.5) is 15.3 Å². The van der Waals surface area contributed by atoms with E-state index in [4.69, 9.17) is 10.5 Å². The van der Waals surface area contributed by atoms with Gasteiger partial charge in [-0.3, -0.25) is 4.79 Å². The number of nitrogens with two attached hydrogens (primary N) is 1. The number of para-hydroxylation sites is 1. The highest BCUT2D eigenvalue weighted by molar-refractivity contribution is 7.93. The molecule has 0 bridgehead atoms. The second-order valence-electron chi connectivity index (χ2n) is 6.34. The second kappa shape index (κ2) is 9.43. The first kappa shape index (κ1) is 21.0. The maximum Gasteiger partial charge on any atom is 0.211 e. The van der Waals surface area contributed by atoms with Crippen molar-refractivity contribution in [3.63, 3.8) is 0 Å². The number of likely N-dealkylation sites (N-methyl/N-ethyl adjacent to an activating group) is 1. The van der Waals surface area contributed by atoms with Gasteiger partial charge in [-0.1, -0.05) is 12.1 Å². The first-order chi connectivity index (χ1) is 11.8. The van der Waals surface area contributed by atoms with E-state index in [9.17, 15) is 8.68 Å². The fraction of sp³-hybridized carbons (Fsp3) is 0.412. The number of nitrogens with zero attached hydrogens (tertiary/aromatic N) is 2. The topological polar surface area (TPSA) is 80.0 Å². The smallest absolute Gasteiger partial charge is 0.211 e. The van der Waals surface area contributed by atoms with Crippen LogP contribution in [0.15, 0.2) is 34.4 Å². The van der Waals surface area contributed by atoms with E-state index < -0.39 is 0 Å². The van der Waals surface area contributed by atoms with Gasteiger partial charge in [-0.25, -0.2) is 0 Å². The van der Waals surface area contributed by atoms with Crippen LogP contribution in [-0.4, -0.2) is 38.4 Å². The van der Waals surface area contributed by atoms with Crippen molar-refractivity contribution in [2.75, 3.05) is 30.9 Å². The van der Waals surface area contributed by atoms with E-state index >= 15 is 0 Å². The lowest BCUT2D eigenvalue weighted by atomic mass is 9.95. The summed E-state index contributed by atoms with van der Waals surface area (Å²) >= 11 is -0.106. The molecule has 2 rings (SSSR count). The Morgan fingerprint density at radius 2 is 2.08 bits per heavy atom. The molecule has 25 heavy (non-hydrogen) atoms. The zero-order chi connectivity index (χ0) is 19.0. The van der Waals surface area contributed by atoms with Gasteiger partial charge < -0.3 is 20.7 Å². The molecule has 0 saturated heterocycles. The number of amides is 1. The molecule has 6 nitrogen and oxygen atoms in total. The van der Waals surface area contributed by atoms with E-state index in [1.165, 1.54) is 6.20 Å². The van der Waals surface area contributed by atoms with Crippen LogP contribution >= 0.6 is 12.3 Å². The van der Waals surface area contributed by atoms with E-state index in [-0.39, 0.29) is 17.9 Å². The molecule has 1 aromatic carbocycles. The predicted molar refractivity (Wildman–Crippen MR) is 104 cm³/mol. The fourth-order valence-corrected chi connectivity index (χ4v) is 2.47. The van der Waals surface area contributed by atoms with Gasteiger partial charge in [0.2, 0.25) is 6.41 Å². The summed E-state index contributed by atoms with van der Waals surface area (Å²) in [5, 5.41) is 2.63. The van der Waals surface area contributed by atoms with E-state index in [2.05, 4.69) is 9.71 Å². The van der Waals surface area contributed by atoms with E-state index in [1.54, 1.807) is 19.2 Å². The number of carbonyl (C=O) groups is 1. The van der Waals surface area contributed by atoms with Gasteiger partial charge >= 0.3 is 0 Å². The summed E-state index contributed by atoms with van der Waals surface area (Å²) in [7, 11) is 3.58. The average Bonchev–Trinajstić information content (AvgIpc) is 2.57. The molecule has 0 spiro atoms. The maximum absolute atomic E-state index is 12.5. The molecule has 3 N–H and O–H groups in total. The number of hydrogen-bond donors (Lipinski definition) is 2. The zero-order valence-electron chi connectivity index (χ0n) is 15.2. The van der Waals surface area contributed by atoms with E-state index in [1.807, 2.05) is 38.8 Å². The highest BCUT2D eigenvalue weighted by atomic mass is 32.2. The van der Waals surface area contributed by atoms with Crippen LogP contribution in [-0.2, 0) is 9.53 Å². The molecule has 1 aliphatic heterocycles. The number of benzene rings is 1. The molecule has 1 aromatic rings. The number of nitrogens with one attached hydrogen (secondary N) is 1. The summed E-state index contributed by atoms with van der Waals surface area (Å²) < 4.78 is 21.2. The number of anilines is 2. The van der Waals surface area contributed by atoms with Crippen molar-refractivity contribution in [3.05, 3.63) is 35.5 Å². The third kappa shape index (κ3) is 5.75.